The van der Waals surface area contributed by atoms with Crippen LogP contribution in [0.2, 0.25) is 5.02 Å². The van der Waals surface area contributed by atoms with Crippen LogP contribution in [0.1, 0.15) is 38.1 Å². The fraction of sp³-hybridized carbons (Fsp3) is 0.529. The zero-order chi connectivity index (χ0) is 17.2. The van der Waals surface area contributed by atoms with Crippen LogP contribution in [0.5, 0.6) is 5.75 Å². The second-order valence-corrected chi connectivity index (χ2v) is 8.79. The molecule has 1 heterocycles. The van der Waals surface area contributed by atoms with Gasteiger partial charge in [-0.2, -0.15) is 4.99 Å². The summed E-state index contributed by atoms with van der Waals surface area (Å²) in [5.74, 6) is 0.672. The maximum atomic E-state index is 12.6. The highest BCUT2D eigenvalue weighted by Gasteiger charge is 2.36. The second-order valence-electron chi connectivity index (χ2n) is 6.68. The molecule has 0 atom stereocenters. The lowest BCUT2D eigenvalue weighted by molar-refractivity contribution is 0.0998. The third-order valence-electron chi connectivity index (χ3n) is 3.38. The van der Waals surface area contributed by atoms with Crippen LogP contribution in [0.3, 0.4) is 0 Å². The molecule has 1 fully saturated rings. The Morgan fingerprint density at radius 2 is 2.17 bits per heavy atom. The van der Waals surface area contributed by atoms with Gasteiger partial charge in [-0.3, -0.25) is 4.79 Å². The minimum Gasteiger partial charge on any atom is -0.496 e. The highest BCUT2D eigenvalue weighted by atomic mass is 35.5. The SMILES string of the molecule is COc1ccc(Cl)cc1C(=O)N=C1SC(C)(C)CN1CC(C)C. The second kappa shape index (κ2) is 7.14. The first-order valence-electron chi connectivity index (χ1n) is 7.62. The van der Waals surface area contributed by atoms with E-state index in [4.69, 9.17) is 16.3 Å². The molecule has 0 unspecified atom stereocenters. The summed E-state index contributed by atoms with van der Waals surface area (Å²) in [7, 11) is 1.53. The number of hydrogen-bond acceptors (Lipinski definition) is 3. The van der Waals surface area contributed by atoms with E-state index in [1.807, 2.05) is 0 Å². The molecule has 0 aliphatic carbocycles. The van der Waals surface area contributed by atoms with E-state index in [0.29, 0.717) is 22.3 Å². The van der Waals surface area contributed by atoms with Crippen molar-refractivity contribution >= 4 is 34.4 Å². The Hall–Kier alpha value is -1.20. The molecule has 1 saturated heterocycles. The van der Waals surface area contributed by atoms with Gasteiger partial charge in [-0.1, -0.05) is 37.2 Å². The maximum absolute atomic E-state index is 12.6. The van der Waals surface area contributed by atoms with Crippen molar-refractivity contribution in [2.45, 2.75) is 32.4 Å². The highest BCUT2D eigenvalue weighted by molar-refractivity contribution is 8.15. The van der Waals surface area contributed by atoms with Crippen LogP contribution in [-0.2, 0) is 0 Å². The molecule has 4 nitrogen and oxygen atoms in total. The standard InChI is InChI=1S/C17H23ClN2O2S/c1-11(2)9-20-10-17(3,4)23-16(20)19-15(21)13-8-12(18)6-7-14(13)22-5/h6-8,11H,9-10H2,1-5H3. The molecule has 2 rings (SSSR count). The van der Waals surface area contributed by atoms with Gasteiger partial charge in [-0.25, -0.2) is 0 Å². The van der Waals surface area contributed by atoms with Crippen molar-refractivity contribution in [1.82, 2.24) is 4.90 Å². The number of nitrogens with zero attached hydrogens (tertiary/aromatic N) is 2. The molecule has 1 aromatic carbocycles. The minimum atomic E-state index is -0.321. The van der Waals surface area contributed by atoms with Gasteiger partial charge >= 0.3 is 0 Å². The van der Waals surface area contributed by atoms with Crippen molar-refractivity contribution in [3.63, 3.8) is 0 Å². The monoisotopic (exact) mass is 354 g/mol. The number of thioether (sulfide) groups is 1. The van der Waals surface area contributed by atoms with E-state index in [1.54, 1.807) is 30.0 Å². The maximum Gasteiger partial charge on any atom is 0.283 e. The average molecular weight is 355 g/mol. The van der Waals surface area contributed by atoms with Gasteiger partial charge in [0.15, 0.2) is 5.17 Å². The van der Waals surface area contributed by atoms with E-state index in [2.05, 4.69) is 37.6 Å². The number of rotatable bonds is 4. The number of hydrogen-bond donors (Lipinski definition) is 0. The Labute approximate surface area is 147 Å². The lowest BCUT2D eigenvalue weighted by atomic mass is 10.1. The number of carbonyl (C=O) groups is 1. The largest absolute Gasteiger partial charge is 0.496 e. The Morgan fingerprint density at radius 1 is 1.48 bits per heavy atom. The Balaban J connectivity index is 2.32. The van der Waals surface area contributed by atoms with Crippen LogP contribution in [-0.4, -0.2) is 40.9 Å². The van der Waals surface area contributed by atoms with E-state index in [0.717, 1.165) is 18.3 Å². The summed E-state index contributed by atoms with van der Waals surface area (Å²) >= 11 is 7.65. The number of ether oxygens (including phenoxy) is 1. The van der Waals surface area contributed by atoms with Crippen molar-refractivity contribution in [2.75, 3.05) is 20.2 Å². The third-order valence-corrected chi connectivity index (χ3v) is 4.83. The van der Waals surface area contributed by atoms with Gasteiger partial charge in [0.25, 0.3) is 5.91 Å². The first kappa shape index (κ1) is 18.1. The summed E-state index contributed by atoms with van der Waals surface area (Å²) in [5.41, 5.74) is 0.391. The van der Waals surface area contributed by atoms with Crippen LogP contribution < -0.4 is 4.74 Å². The first-order valence-corrected chi connectivity index (χ1v) is 8.82. The van der Waals surface area contributed by atoms with Crippen molar-refractivity contribution in [3.8, 4) is 5.75 Å². The zero-order valence-electron chi connectivity index (χ0n) is 14.2. The molecule has 0 spiro atoms. The normalized spacial score (nSPS) is 18.7. The fourth-order valence-corrected chi connectivity index (χ4v) is 3.83. The Bertz CT molecular complexity index is 629. The van der Waals surface area contributed by atoms with Crippen LogP contribution in [0.15, 0.2) is 23.2 Å². The van der Waals surface area contributed by atoms with Crippen LogP contribution >= 0.6 is 23.4 Å². The summed E-state index contributed by atoms with van der Waals surface area (Å²) in [4.78, 5) is 19.1. The first-order chi connectivity index (χ1) is 10.7. The van der Waals surface area contributed by atoms with Gasteiger partial charge < -0.3 is 9.64 Å². The predicted octanol–water partition coefficient (Wildman–Crippen LogP) is 4.33. The zero-order valence-corrected chi connectivity index (χ0v) is 15.8. The molecule has 1 amide bonds. The van der Waals surface area contributed by atoms with Gasteiger partial charge in [0.1, 0.15) is 5.75 Å². The molecule has 0 bridgehead atoms. The number of carbonyl (C=O) groups excluding carboxylic acids is 1. The number of amidine groups is 1. The van der Waals surface area contributed by atoms with Gasteiger partial charge in [0, 0.05) is 22.9 Å². The number of amides is 1. The fourth-order valence-electron chi connectivity index (χ4n) is 2.54. The number of methoxy groups -OCH3 is 1. The quantitative estimate of drug-likeness (QED) is 0.807. The molecule has 6 heteroatoms. The third kappa shape index (κ3) is 4.64. The lowest BCUT2D eigenvalue weighted by Crippen LogP contribution is -2.32. The molecule has 0 radical (unpaired) electrons. The lowest BCUT2D eigenvalue weighted by Gasteiger charge is -2.21. The molecule has 0 saturated carbocycles. The smallest absolute Gasteiger partial charge is 0.283 e. The number of benzene rings is 1. The van der Waals surface area contributed by atoms with E-state index in [-0.39, 0.29) is 10.7 Å². The van der Waals surface area contributed by atoms with Crippen LogP contribution in [0.4, 0.5) is 0 Å². The van der Waals surface area contributed by atoms with Gasteiger partial charge in [-0.15, -0.1) is 0 Å². The van der Waals surface area contributed by atoms with Gasteiger partial charge in [-0.05, 0) is 38.0 Å². The Morgan fingerprint density at radius 3 is 2.78 bits per heavy atom. The van der Waals surface area contributed by atoms with Crippen molar-refractivity contribution in [1.29, 1.82) is 0 Å². The van der Waals surface area contributed by atoms with E-state index in [1.165, 1.54) is 7.11 Å². The summed E-state index contributed by atoms with van der Waals surface area (Å²) in [5, 5.41) is 1.27. The van der Waals surface area contributed by atoms with Crippen LogP contribution in [0, 0.1) is 5.92 Å². The molecule has 126 valence electrons. The molecule has 1 aliphatic rings. The van der Waals surface area contributed by atoms with Gasteiger partial charge in [0.2, 0.25) is 0 Å². The molecule has 0 N–H and O–H groups in total. The molecule has 23 heavy (non-hydrogen) atoms. The summed E-state index contributed by atoms with van der Waals surface area (Å²) in [6, 6.07) is 4.99. The Kier molecular flexibility index (Phi) is 5.63. The topological polar surface area (TPSA) is 41.9 Å². The summed E-state index contributed by atoms with van der Waals surface area (Å²) < 4.78 is 5.30. The van der Waals surface area contributed by atoms with Crippen molar-refractivity contribution in [2.24, 2.45) is 10.9 Å². The highest BCUT2D eigenvalue weighted by Crippen LogP contribution is 2.36. The molecule has 1 aliphatic heterocycles. The summed E-state index contributed by atoms with van der Waals surface area (Å²) in [6.45, 7) is 10.4. The van der Waals surface area contributed by atoms with E-state index in [9.17, 15) is 4.79 Å². The average Bonchev–Trinajstić information content (AvgIpc) is 2.71. The molecular weight excluding hydrogens is 332 g/mol. The van der Waals surface area contributed by atoms with Crippen LogP contribution in [0.25, 0.3) is 0 Å². The minimum absolute atomic E-state index is 0.0480. The molecule has 1 aromatic rings. The number of halogens is 1. The van der Waals surface area contributed by atoms with Gasteiger partial charge in [0.05, 0.1) is 12.7 Å². The van der Waals surface area contributed by atoms with E-state index >= 15 is 0 Å². The predicted molar refractivity (Wildman–Crippen MR) is 97.9 cm³/mol. The van der Waals surface area contributed by atoms with Crippen molar-refractivity contribution < 1.29 is 9.53 Å². The van der Waals surface area contributed by atoms with Crippen molar-refractivity contribution in [3.05, 3.63) is 28.8 Å². The molecule has 0 aromatic heterocycles. The molecular formula is C17H23ClN2O2S. The summed E-state index contributed by atoms with van der Waals surface area (Å²) in [6.07, 6.45) is 0. The van der Waals surface area contributed by atoms with E-state index < -0.39 is 0 Å². The number of aliphatic imine (C=N–C) groups is 1.